The molecule has 0 radical (unpaired) electrons. The maximum atomic E-state index is 11.6. The number of halogens is 1. The van der Waals surface area contributed by atoms with E-state index in [1.807, 2.05) is 0 Å². The first-order valence-corrected chi connectivity index (χ1v) is 5.59. The minimum Gasteiger partial charge on any atom is -0.495 e. The first kappa shape index (κ1) is 12.6. The number of methoxy groups -OCH3 is 1. The number of nitrogens with one attached hydrogen (secondary N) is 2. The number of hydrogen-bond donors (Lipinski definition) is 2. The van der Waals surface area contributed by atoms with Crippen molar-refractivity contribution in [2.75, 3.05) is 7.11 Å². The van der Waals surface area contributed by atoms with Gasteiger partial charge in [-0.2, -0.15) is 0 Å². The Hall–Kier alpha value is -1.86. The van der Waals surface area contributed by atoms with Crippen LogP contribution in [0.25, 0.3) is 20.4 Å². The summed E-state index contributed by atoms with van der Waals surface area (Å²) in [7, 11) is 1.55. The van der Waals surface area contributed by atoms with Crippen LogP contribution in [0.4, 0.5) is 0 Å². The molecule has 0 saturated heterocycles. The number of thiophene rings is 1. The Kier molecular flexibility index (Phi) is 3.10. The highest BCUT2D eigenvalue weighted by atomic mass is 35.5. The van der Waals surface area contributed by atoms with Gasteiger partial charge in [0.15, 0.2) is 0 Å². The zero-order chi connectivity index (χ0) is 12.0. The van der Waals surface area contributed by atoms with Crippen LogP contribution in [-0.2, 0) is 0 Å². The van der Waals surface area contributed by atoms with E-state index in [9.17, 15) is 9.59 Å². The predicted octanol–water partition coefficient (Wildman–Crippen LogP) is 1.26. The number of fused-ring (bicyclic) bond motifs is 3. The number of ether oxygens (including phenoxy) is 1. The summed E-state index contributed by atoms with van der Waals surface area (Å²) in [6, 6.07) is 1.78. The van der Waals surface area contributed by atoms with Gasteiger partial charge in [-0.15, -0.1) is 23.7 Å². The van der Waals surface area contributed by atoms with Crippen LogP contribution in [0.3, 0.4) is 0 Å². The Morgan fingerprint density at radius 2 is 2.11 bits per heavy atom. The predicted molar refractivity (Wildman–Crippen MR) is 72.2 cm³/mol. The van der Waals surface area contributed by atoms with Gasteiger partial charge in [-0.3, -0.25) is 9.78 Å². The molecule has 0 amide bonds. The van der Waals surface area contributed by atoms with Crippen molar-refractivity contribution in [2.24, 2.45) is 0 Å². The topological polar surface area (TPSA) is 87.8 Å². The van der Waals surface area contributed by atoms with Gasteiger partial charge in [0.1, 0.15) is 16.0 Å². The molecule has 0 unspecified atom stereocenters. The SMILES string of the molecule is COc1cnc2c(c1)sc1c(=O)[nH]c(=O)[nH]c12.Cl. The van der Waals surface area contributed by atoms with E-state index in [4.69, 9.17) is 4.74 Å². The second kappa shape index (κ2) is 4.43. The second-order valence-electron chi connectivity index (χ2n) is 3.44. The zero-order valence-corrected chi connectivity index (χ0v) is 10.8. The number of aromatic amines is 2. The van der Waals surface area contributed by atoms with Crippen LogP contribution in [0, 0.1) is 0 Å². The van der Waals surface area contributed by atoms with Crippen molar-refractivity contribution in [3.8, 4) is 5.75 Å². The monoisotopic (exact) mass is 285 g/mol. The second-order valence-corrected chi connectivity index (χ2v) is 4.49. The molecular formula is C10H8ClN3O3S. The van der Waals surface area contributed by atoms with Crippen LogP contribution in [0.2, 0.25) is 0 Å². The molecule has 8 heteroatoms. The Morgan fingerprint density at radius 1 is 1.33 bits per heavy atom. The number of nitrogens with zero attached hydrogens (tertiary/aromatic N) is 1. The largest absolute Gasteiger partial charge is 0.495 e. The van der Waals surface area contributed by atoms with Crippen molar-refractivity contribution in [1.29, 1.82) is 0 Å². The Morgan fingerprint density at radius 3 is 2.83 bits per heavy atom. The smallest absolute Gasteiger partial charge is 0.326 e. The van der Waals surface area contributed by atoms with Crippen molar-refractivity contribution in [3.05, 3.63) is 33.1 Å². The van der Waals surface area contributed by atoms with E-state index in [2.05, 4.69) is 15.0 Å². The van der Waals surface area contributed by atoms with Gasteiger partial charge in [-0.05, 0) is 0 Å². The highest BCUT2D eigenvalue weighted by molar-refractivity contribution is 7.25. The average molecular weight is 286 g/mol. The molecule has 6 nitrogen and oxygen atoms in total. The minimum atomic E-state index is -0.528. The lowest BCUT2D eigenvalue weighted by atomic mass is 10.3. The van der Waals surface area contributed by atoms with Gasteiger partial charge in [0.2, 0.25) is 0 Å². The van der Waals surface area contributed by atoms with E-state index in [1.165, 1.54) is 11.3 Å². The number of hydrogen-bond acceptors (Lipinski definition) is 5. The first-order valence-electron chi connectivity index (χ1n) is 4.78. The van der Waals surface area contributed by atoms with E-state index in [-0.39, 0.29) is 12.4 Å². The van der Waals surface area contributed by atoms with E-state index in [1.54, 1.807) is 19.4 Å². The number of rotatable bonds is 1. The van der Waals surface area contributed by atoms with Crippen molar-refractivity contribution in [3.63, 3.8) is 0 Å². The summed E-state index contributed by atoms with van der Waals surface area (Å²) in [6.45, 7) is 0. The van der Waals surface area contributed by atoms with Gasteiger partial charge in [0, 0.05) is 6.07 Å². The molecular weight excluding hydrogens is 278 g/mol. The third-order valence-corrected chi connectivity index (χ3v) is 3.54. The average Bonchev–Trinajstić information content (AvgIpc) is 2.67. The Bertz CT molecular complexity index is 836. The molecule has 94 valence electrons. The molecule has 18 heavy (non-hydrogen) atoms. The molecule has 0 aliphatic carbocycles. The summed E-state index contributed by atoms with van der Waals surface area (Å²) in [5.74, 6) is 0.614. The maximum absolute atomic E-state index is 11.6. The molecule has 0 aromatic carbocycles. The van der Waals surface area contributed by atoms with Crippen LogP contribution in [0.5, 0.6) is 5.75 Å². The van der Waals surface area contributed by atoms with Gasteiger partial charge in [0.25, 0.3) is 5.56 Å². The molecule has 0 fully saturated rings. The van der Waals surface area contributed by atoms with E-state index < -0.39 is 11.2 Å². The van der Waals surface area contributed by atoms with Crippen molar-refractivity contribution in [1.82, 2.24) is 15.0 Å². The van der Waals surface area contributed by atoms with E-state index in [0.717, 1.165) is 4.70 Å². The normalized spacial score (nSPS) is 10.5. The van der Waals surface area contributed by atoms with Gasteiger partial charge < -0.3 is 9.72 Å². The van der Waals surface area contributed by atoms with E-state index >= 15 is 0 Å². The van der Waals surface area contributed by atoms with E-state index in [0.29, 0.717) is 21.5 Å². The number of aromatic nitrogens is 3. The molecule has 0 spiro atoms. The molecule has 3 heterocycles. The maximum Gasteiger partial charge on any atom is 0.326 e. The van der Waals surface area contributed by atoms with Crippen LogP contribution in [-0.4, -0.2) is 22.1 Å². The van der Waals surface area contributed by atoms with Gasteiger partial charge in [-0.1, -0.05) is 0 Å². The van der Waals surface area contributed by atoms with Crippen LogP contribution < -0.4 is 16.0 Å². The van der Waals surface area contributed by atoms with Crippen LogP contribution >= 0.6 is 23.7 Å². The lowest BCUT2D eigenvalue weighted by molar-refractivity contribution is 0.414. The van der Waals surface area contributed by atoms with Crippen LogP contribution in [0.15, 0.2) is 21.9 Å². The van der Waals surface area contributed by atoms with Gasteiger partial charge >= 0.3 is 5.69 Å². The summed E-state index contributed by atoms with van der Waals surface area (Å²) in [4.78, 5) is 31.8. The third kappa shape index (κ3) is 1.77. The van der Waals surface area contributed by atoms with Crippen molar-refractivity contribution >= 4 is 44.2 Å². The molecule has 0 atom stereocenters. The summed E-state index contributed by atoms with van der Waals surface area (Å²) in [5.41, 5.74) is 0.154. The van der Waals surface area contributed by atoms with Gasteiger partial charge in [-0.25, -0.2) is 9.78 Å². The Labute approximate surface area is 110 Å². The summed E-state index contributed by atoms with van der Waals surface area (Å²) in [6.07, 6.45) is 1.55. The molecule has 0 aliphatic heterocycles. The lowest BCUT2D eigenvalue weighted by Crippen LogP contribution is -2.20. The molecule has 0 bridgehead atoms. The molecule has 0 saturated carbocycles. The van der Waals surface area contributed by atoms with Crippen molar-refractivity contribution in [2.45, 2.75) is 0 Å². The fraction of sp³-hybridized carbons (Fsp3) is 0.100. The fourth-order valence-electron chi connectivity index (χ4n) is 1.65. The molecule has 2 N–H and O–H groups in total. The lowest BCUT2D eigenvalue weighted by Gasteiger charge is -1.97. The third-order valence-electron chi connectivity index (χ3n) is 2.41. The Balaban J connectivity index is 0.00000120. The fourth-order valence-corrected chi connectivity index (χ4v) is 2.69. The summed E-state index contributed by atoms with van der Waals surface area (Å²) >= 11 is 1.27. The quantitative estimate of drug-likeness (QED) is 0.704. The standard InChI is InChI=1S/C10H7N3O3S.ClH/c1-16-4-2-5-6(11-3-4)7-8(17-5)9(14)13-10(15)12-7;/h2-3H,1H3,(H2,12,13,14,15);1H. The summed E-state index contributed by atoms with van der Waals surface area (Å²) < 4.78 is 6.32. The minimum absolute atomic E-state index is 0. The zero-order valence-electron chi connectivity index (χ0n) is 9.14. The molecule has 0 aliphatic rings. The van der Waals surface area contributed by atoms with Crippen LogP contribution in [0.1, 0.15) is 0 Å². The number of pyridine rings is 1. The van der Waals surface area contributed by atoms with Crippen molar-refractivity contribution < 1.29 is 4.74 Å². The molecule has 3 aromatic rings. The first-order chi connectivity index (χ1) is 8.19. The number of H-pyrrole nitrogens is 2. The highest BCUT2D eigenvalue weighted by Crippen LogP contribution is 2.30. The highest BCUT2D eigenvalue weighted by Gasteiger charge is 2.11. The molecule has 3 aromatic heterocycles. The summed E-state index contributed by atoms with van der Waals surface area (Å²) in [5, 5.41) is 0. The molecule has 3 rings (SSSR count). The van der Waals surface area contributed by atoms with Gasteiger partial charge in [0.05, 0.1) is 23.5 Å².